The number of nitrogens with zero attached hydrogens (tertiary/aromatic N) is 4. The van der Waals surface area contributed by atoms with Crippen LogP contribution in [-0.4, -0.2) is 57.6 Å². The molecule has 2 aliphatic heterocycles. The molecule has 0 N–H and O–H groups in total. The largest absolute Gasteiger partial charge is 0.341 e. The minimum atomic E-state index is -0.108. The molecule has 0 saturated carbocycles. The quantitative estimate of drug-likeness (QED) is 0.862. The van der Waals surface area contributed by atoms with E-state index < -0.39 is 0 Å². The van der Waals surface area contributed by atoms with Gasteiger partial charge in [0.15, 0.2) is 0 Å². The van der Waals surface area contributed by atoms with Crippen LogP contribution in [0.5, 0.6) is 0 Å². The summed E-state index contributed by atoms with van der Waals surface area (Å²) in [6, 6.07) is 11.6. The predicted octanol–water partition coefficient (Wildman–Crippen LogP) is 1.63. The maximum Gasteiger partial charge on any atom is 0.272 e. The van der Waals surface area contributed by atoms with Gasteiger partial charge in [-0.2, -0.15) is 5.10 Å². The van der Waals surface area contributed by atoms with Crippen molar-refractivity contribution >= 4 is 11.8 Å². The molecular formula is C18H20N4O2. The third-order valence-electron chi connectivity index (χ3n) is 4.72. The summed E-state index contributed by atoms with van der Waals surface area (Å²) in [4.78, 5) is 28.5. The topological polar surface area (TPSA) is 58.4 Å². The van der Waals surface area contributed by atoms with Gasteiger partial charge in [0.2, 0.25) is 5.91 Å². The zero-order valence-electron chi connectivity index (χ0n) is 13.5. The molecule has 0 unspecified atom stereocenters. The Morgan fingerprint density at radius 2 is 1.79 bits per heavy atom. The summed E-state index contributed by atoms with van der Waals surface area (Å²) in [6.45, 7) is 2.96. The second kappa shape index (κ2) is 6.11. The van der Waals surface area contributed by atoms with E-state index in [1.165, 1.54) is 0 Å². The van der Waals surface area contributed by atoms with Crippen LogP contribution in [0.4, 0.5) is 0 Å². The van der Waals surface area contributed by atoms with Crippen LogP contribution in [0.25, 0.3) is 11.3 Å². The Balaban J connectivity index is 1.52. The summed E-state index contributed by atoms with van der Waals surface area (Å²) in [7, 11) is 0. The van der Waals surface area contributed by atoms with E-state index in [0.29, 0.717) is 18.8 Å². The number of hydrogen-bond donors (Lipinski definition) is 0. The second-order valence-electron chi connectivity index (χ2n) is 6.32. The van der Waals surface area contributed by atoms with Gasteiger partial charge >= 0.3 is 0 Å². The van der Waals surface area contributed by atoms with E-state index in [0.717, 1.165) is 37.2 Å². The van der Waals surface area contributed by atoms with Gasteiger partial charge in [0, 0.05) is 25.2 Å². The van der Waals surface area contributed by atoms with E-state index in [4.69, 9.17) is 0 Å². The van der Waals surface area contributed by atoms with E-state index >= 15 is 0 Å². The number of aromatic nitrogens is 2. The van der Waals surface area contributed by atoms with E-state index in [1.807, 2.05) is 41.3 Å². The lowest BCUT2D eigenvalue weighted by molar-refractivity contribution is -0.130. The van der Waals surface area contributed by atoms with Crippen molar-refractivity contribution in [3.63, 3.8) is 0 Å². The number of likely N-dealkylation sites (tertiary alicyclic amines) is 1. The van der Waals surface area contributed by atoms with Crippen molar-refractivity contribution < 1.29 is 9.59 Å². The molecule has 1 fully saturated rings. The normalized spacial score (nSPS) is 17.2. The van der Waals surface area contributed by atoms with E-state index in [1.54, 1.807) is 9.58 Å². The monoisotopic (exact) mass is 324 g/mol. The minimum absolute atomic E-state index is 0.0529. The summed E-state index contributed by atoms with van der Waals surface area (Å²) in [6.07, 6.45) is 2.12. The molecule has 124 valence electrons. The van der Waals surface area contributed by atoms with Gasteiger partial charge in [-0.05, 0) is 18.9 Å². The molecule has 1 saturated heterocycles. The third-order valence-corrected chi connectivity index (χ3v) is 4.72. The van der Waals surface area contributed by atoms with Crippen LogP contribution in [0, 0.1) is 0 Å². The van der Waals surface area contributed by atoms with Crippen LogP contribution >= 0.6 is 0 Å². The van der Waals surface area contributed by atoms with Gasteiger partial charge < -0.3 is 9.80 Å². The zero-order chi connectivity index (χ0) is 16.5. The van der Waals surface area contributed by atoms with Crippen LogP contribution in [-0.2, 0) is 11.3 Å². The van der Waals surface area contributed by atoms with E-state index in [9.17, 15) is 9.59 Å². The highest BCUT2D eigenvalue weighted by molar-refractivity contribution is 5.96. The van der Waals surface area contributed by atoms with Crippen LogP contribution in [0.1, 0.15) is 23.3 Å². The second-order valence-corrected chi connectivity index (χ2v) is 6.32. The molecule has 4 rings (SSSR count). The van der Waals surface area contributed by atoms with Crippen LogP contribution < -0.4 is 0 Å². The number of fused-ring (bicyclic) bond motifs is 1. The lowest BCUT2D eigenvalue weighted by Gasteiger charge is -2.28. The first-order valence-electron chi connectivity index (χ1n) is 8.43. The summed E-state index contributed by atoms with van der Waals surface area (Å²) < 4.78 is 1.75. The molecule has 0 bridgehead atoms. The Morgan fingerprint density at radius 3 is 2.54 bits per heavy atom. The Kier molecular flexibility index (Phi) is 3.80. The SMILES string of the molecule is O=C(CN1CCn2nc(-c3ccccc3)cc2C1=O)N1CCCC1. The van der Waals surface area contributed by atoms with Crippen molar-refractivity contribution in [1.82, 2.24) is 19.6 Å². The average Bonchev–Trinajstić information content (AvgIpc) is 3.28. The first-order chi connectivity index (χ1) is 11.7. The van der Waals surface area contributed by atoms with Crippen molar-refractivity contribution in [3.8, 4) is 11.3 Å². The van der Waals surface area contributed by atoms with Gasteiger partial charge in [0.25, 0.3) is 5.91 Å². The molecule has 6 nitrogen and oxygen atoms in total. The van der Waals surface area contributed by atoms with Gasteiger partial charge in [-0.3, -0.25) is 14.3 Å². The molecule has 2 amide bonds. The summed E-state index contributed by atoms with van der Waals surface area (Å²) >= 11 is 0. The predicted molar refractivity (Wildman–Crippen MR) is 89.4 cm³/mol. The molecule has 0 atom stereocenters. The molecule has 6 heteroatoms. The molecule has 1 aromatic carbocycles. The minimum Gasteiger partial charge on any atom is -0.341 e. The number of carbonyl (C=O) groups excluding carboxylic acids is 2. The lowest BCUT2D eigenvalue weighted by Crippen LogP contribution is -2.46. The highest BCUT2D eigenvalue weighted by Crippen LogP contribution is 2.22. The Morgan fingerprint density at radius 1 is 1.04 bits per heavy atom. The molecule has 24 heavy (non-hydrogen) atoms. The standard InChI is InChI=1S/C18H20N4O2/c23-17(20-8-4-5-9-20)13-21-10-11-22-16(18(21)24)12-15(19-22)14-6-2-1-3-7-14/h1-3,6-7,12H,4-5,8-11,13H2. The highest BCUT2D eigenvalue weighted by atomic mass is 16.2. The van der Waals surface area contributed by atoms with Gasteiger partial charge in [-0.1, -0.05) is 30.3 Å². The Bertz CT molecular complexity index is 763. The summed E-state index contributed by atoms with van der Waals surface area (Å²) in [5.74, 6) is -0.0550. The van der Waals surface area contributed by atoms with Gasteiger partial charge in [-0.15, -0.1) is 0 Å². The van der Waals surface area contributed by atoms with Crippen molar-refractivity contribution in [1.29, 1.82) is 0 Å². The maximum absolute atomic E-state index is 12.7. The van der Waals surface area contributed by atoms with Crippen molar-refractivity contribution in [3.05, 3.63) is 42.1 Å². The molecule has 0 spiro atoms. The number of benzene rings is 1. The number of rotatable bonds is 3. The van der Waals surface area contributed by atoms with Gasteiger partial charge in [0.1, 0.15) is 12.2 Å². The van der Waals surface area contributed by atoms with E-state index in [-0.39, 0.29) is 18.4 Å². The molecular weight excluding hydrogens is 304 g/mol. The van der Waals surface area contributed by atoms with Crippen molar-refractivity contribution in [2.45, 2.75) is 19.4 Å². The fourth-order valence-electron chi connectivity index (χ4n) is 3.37. The van der Waals surface area contributed by atoms with Crippen molar-refractivity contribution in [2.24, 2.45) is 0 Å². The first-order valence-corrected chi connectivity index (χ1v) is 8.43. The molecule has 0 aliphatic carbocycles. The first kappa shape index (κ1) is 14.9. The number of carbonyl (C=O) groups is 2. The fraction of sp³-hybridized carbons (Fsp3) is 0.389. The maximum atomic E-state index is 12.7. The summed E-state index contributed by atoms with van der Waals surface area (Å²) in [5, 5.41) is 4.54. The smallest absolute Gasteiger partial charge is 0.272 e. The molecule has 3 heterocycles. The zero-order valence-corrected chi connectivity index (χ0v) is 13.5. The average molecular weight is 324 g/mol. The summed E-state index contributed by atoms with van der Waals surface area (Å²) in [5.41, 5.74) is 2.35. The molecule has 2 aromatic rings. The molecule has 2 aliphatic rings. The van der Waals surface area contributed by atoms with Crippen LogP contribution in [0.15, 0.2) is 36.4 Å². The Labute approximate surface area is 140 Å². The van der Waals surface area contributed by atoms with Crippen LogP contribution in [0.3, 0.4) is 0 Å². The number of amides is 2. The Hall–Kier alpha value is -2.63. The number of hydrogen-bond acceptors (Lipinski definition) is 3. The molecule has 1 aromatic heterocycles. The van der Waals surface area contributed by atoms with Gasteiger partial charge in [0.05, 0.1) is 12.2 Å². The fourth-order valence-corrected chi connectivity index (χ4v) is 3.37. The lowest BCUT2D eigenvalue weighted by atomic mass is 10.1. The van der Waals surface area contributed by atoms with Gasteiger partial charge in [-0.25, -0.2) is 0 Å². The van der Waals surface area contributed by atoms with E-state index in [2.05, 4.69) is 5.10 Å². The highest BCUT2D eigenvalue weighted by Gasteiger charge is 2.29. The van der Waals surface area contributed by atoms with Crippen LogP contribution in [0.2, 0.25) is 0 Å². The van der Waals surface area contributed by atoms with Crippen molar-refractivity contribution in [2.75, 3.05) is 26.2 Å². The molecule has 0 radical (unpaired) electrons. The third kappa shape index (κ3) is 2.68.